The summed E-state index contributed by atoms with van der Waals surface area (Å²) >= 11 is 5.95. The van der Waals surface area contributed by atoms with Gasteiger partial charge in [-0.05, 0) is 31.2 Å². The van der Waals surface area contributed by atoms with Gasteiger partial charge < -0.3 is 15.8 Å². The average Bonchev–Trinajstić information content (AvgIpc) is 2.25. The van der Waals surface area contributed by atoms with Crippen LogP contribution in [0.2, 0.25) is 5.02 Å². The summed E-state index contributed by atoms with van der Waals surface area (Å²) in [7, 11) is 0. The second kappa shape index (κ2) is 4.89. The van der Waals surface area contributed by atoms with Crippen molar-refractivity contribution in [3.8, 4) is 5.75 Å². The van der Waals surface area contributed by atoms with Crippen molar-refractivity contribution in [1.82, 2.24) is 5.32 Å². The third kappa shape index (κ3) is 2.57. The van der Waals surface area contributed by atoms with Crippen molar-refractivity contribution in [2.24, 2.45) is 0 Å². The van der Waals surface area contributed by atoms with Crippen molar-refractivity contribution < 1.29 is 9.13 Å². The minimum absolute atomic E-state index is 0.331. The minimum Gasteiger partial charge on any atom is -0.486 e. The van der Waals surface area contributed by atoms with Crippen LogP contribution in [0.5, 0.6) is 5.75 Å². The van der Waals surface area contributed by atoms with Gasteiger partial charge in [0.05, 0.1) is 5.02 Å². The van der Waals surface area contributed by atoms with Crippen molar-refractivity contribution >= 4 is 17.3 Å². The van der Waals surface area contributed by atoms with Crippen LogP contribution < -0.4 is 15.8 Å². The van der Waals surface area contributed by atoms with E-state index in [0.29, 0.717) is 29.4 Å². The monoisotopic (exact) mass is 244 g/mol. The molecule has 1 heterocycles. The molecule has 3 N–H and O–H groups in total. The topological polar surface area (TPSA) is 47.3 Å². The number of halogens is 2. The van der Waals surface area contributed by atoms with E-state index in [-0.39, 0.29) is 0 Å². The quantitative estimate of drug-likeness (QED) is 0.783. The average molecular weight is 245 g/mol. The van der Waals surface area contributed by atoms with Crippen LogP contribution in [0.25, 0.3) is 0 Å². The Kier molecular flexibility index (Phi) is 3.51. The first-order chi connectivity index (χ1) is 7.66. The Morgan fingerprint density at radius 2 is 2.31 bits per heavy atom. The SMILES string of the molecule is Nc1ccc(O[C@H]2CCNC[C@@H]2F)c(Cl)c1. The molecule has 1 fully saturated rings. The molecule has 1 aliphatic rings. The number of rotatable bonds is 2. The van der Waals surface area contributed by atoms with Gasteiger partial charge in [-0.15, -0.1) is 0 Å². The maximum absolute atomic E-state index is 13.5. The molecule has 0 aliphatic carbocycles. The third-order valence-corrected chi connectivity index (χ3v) is 2.88. The Balaban J connectivity index is 2.07. The highest BCUT2D eigenvalue weighted by atomic mass is 35.5. The van der Waals surface area contributed by atoms with Crippen molar-refractivity contribution in [1.29, 1.82) is 0 Å². The van der Waals surface area contributed by atoms with Crippen LogP contribution in [0.15, 0.2) is 18.2 Å². The Morgan fingerprint density at radius 3 is 3.00 bits per heavy atom. The van der Waals surface area contributed by atoms with E-state index < -0.39 is 12.3 Å². The lowest BCUT2D eigenvalue weighted by atomic mass is 10.1. The highest BCUT2D eigenvalue weighted by molar-refractivity contribution is 6.32. The molecule has 1 aromatic rings. The molecule has 3 nitrogen and oxygen atoms in total. The van der Waals surface area contributed by atoms with Crippen molar-refractivity contribution in [2.45, 2.75) is 18.7 Å². The number of nitrogen functional groups attached to an aromatic ring is 1. The maximum Gasteiger partial charge on any atom is 0.149 e. The minimum atomic E-state index is -0.998. The van der Waals surface area contributed by atoms with E-state index in [1.54, 1.807) is 18.2 Å². The second-order valence-corrected chi connectivity index (χ2v) is 4.26. The molecule has 1 aliphatic heterocycles. The summed E-state index contributed by atoms with van der Waals surface area (Å²) in [5.41, 5.74) is 6.13. The molecule has 5 heteroatoms. The smallest absolute Gasteiger partial charge is 0.149 e. The van der Waals surface area contributed by atoms with E-state index >= 15 is 0 Å². The third-order valence-electron chi connectivity index (χ3n) is 2.58. The van der Waals surface area contributed by atoms with Crippen LogP contribution in [0, 0.1) is 0 Å². The first-order valence-electron chi connectivity index (χ1n) is 5.23. The van der Waals surface area contributed by atoms with Gasteiger partial charge in [-0.3, -0.25) is 0 Å². The van der Waals surface area contributed by atoms with Crippen LogP contribution in [-0.4, -0.2) is 25.4 Å². The van der Waals surface area contributed by atoms with Crippen molar-refractivity contribution in [2.75, 3.05) is 18.8 Å². The van der Waals surface area contributed by atoms with E-state index in [4.69, 9.17) is 22.1 Å². The Labute approximate surface area is 98.7 Å². The molecule has 2 rings (SSSR count). The molecule has 0 unspecified atom stereocenters. The van der Waals surface area contributed by atoms with Gasteiger partial charge >= 0.3 is 0 Å². The molecule has 88 valence electrons. The van der Waals surface area contributed by atoms with Crippen LogP contribution in [0.1, 0.15) is 6.42 Å². The molecular weight excluding hydrogens is 231 g/mol. The van der Waals surface area contributed by atoms with Gasteiger partial charge in [-0.2, -0.15) is 0 Å². The molecule has 0 bridgehead atoms. The number of ether oxygens (including phenoxy) is 1. The molecular formula is C11H14ClFN2O. The van der Waals surface area contributed by atoms with Crippen molar-refractivity contribution in [3.63, 3.8) is 0 Å². The zero-order valence-corrected chi connectivity index (χ0v) is 9.51. The number of nitrogens with two attached hydrogens (primary N) is 1. The summed E-state index contributed by atoms with van der Waals surface area (Å²) in [6.45, 7) is 1.09. The lowest BCUT2D eigenvalue weighted by molar-refractivity contribution is 0.0732. The van der Waals surface area contributed by atoms with Gasteiger partial charge in [-0.1, -0.05) is 11.6 Å². The zero-order valence-electron chi connectivity index (χ0n) is 8.75. The van der Waals surface area contributed by atoms with Gasteiger partial charge in [0.15, 0.2) is 0 Å². The number of alkyl halides is 1. The van der Waals surface area contributed by atoms with E-state index in [1.165, 1.54) is 0 Å². The molecule has 1 aromatic carbocycles. The van der Waals surface area contributed by atoms with Crippen LogP contribution in [0.3, 0.4) is 0 Å². The van der Waals surface area contributed by atoms with Gasteiger partial charge in [-0.25, -0.2) is 4.39 Å². The summed E-state index contributed by atoms with van der Waals surface area (Å²) in [5.74, 6) is 0.491. The Hall–Kier alpha value is -1.00. The lowest BCUT2D eigenvalue weighted by Crippen LogP contribution is -2.44. The molecule has 2 atom stereocenters. The van der Waals surface area contributed by atoms with Crippen molar-refractivity contribution in [3.05, 3.63) is 23.2 Å². The van der Waals surface area contributed by atoms with Gasteiger partial charge in [0.2, 0.25) is 0 Å². The molecule has 0 saturated carbocycles. The number of piperidine rings is 1. The highest BCUT2D eigenvalue weighted by Gasteiger charge is 2.26. The fraction of sp³-hybridized carbons (Fsp3) is 0.455. The first kappa shape index (κ1) is 11.5. The predicted molar refractivity (Wildman–Crippen MR) is 62.7 cm³/mol. The molecule has 16 heavy (non-hydrogen) atoms. The fourth-order valence-corrected chi connectivity index (χ4v) is 1.94. The van der Waals surface area contributed by atoms with E-state index in [1.807, 2.05) is 0 Å². The molecule has 0 amide bonds. The number of hydrogen-bond donors (Lipinski definition) is 2. The zero-order chi connectivity index (χ0) is 11.5. The predicted octanol–water partition coefficient (Wildman–Crippen LogP) is 2.00. The lowest BCUT2D eigenvalue weighted by Gasteiger charge is -2.27. The van der Waals surface area contributed by atoms with Gasteiger partial charge in [0, 0.05) is 12.2 Å². The Morgan fingerprint density at radius 1 is 1.50 bits per heavy atom. The Bertz CT molecular complexity index is 375. The number of hydrogen-bond acceptors (Lipinski definition) is 3. The standard InChI is InChI=1S/C11H14ClFN2O/c12-8-5-7(14)1-2-10(8)16-11-3-4-15-6-9(11)13/h1-2,5,9,11,15H,3-4,6,14H2/t9-,11-/m0/s1. The largest absolute Gasteiger partial charge is 0.486 e. The fourth-order valence-electron chi connectivity index (χ4n) is 1.71. The summed E-state index contributed by atoms with van der Waals surface area (Å²) in [4.78, 5) is 0. The normalized spacial score (nSPS) is 25.4. The molecule has 1 saturated heterocycles. The summed E-state index contributed by atoms with van der Waals surface area (Å²) in [6.07, 6.45) is -0.785. The molecule has 0 spiro atoms. The number of benzene rings is 1. The molecule has 0 radical (unpaired) electrons. The van der Waals surface area contributed by atoms with Gasteiger partial charge in [0.1, 0.15) is 18.0 Å². The maximum atomic E-state index is 13.5. The van der Waals surface area contributed by atoms with Crippen LogP contribution in [-0.2, 0) is 0 Å². The van der Waals surface area contributed by atoms with E-state index in [2.05, 4.69) is 5.32 Å². The second-order valence-electron chi connectivity index (χ2n) is 3.85. The van der Waals surface area contributed by atoms with Crippen LogP contribution >= 0.6 is 11.6 Å². The summed E-state index contributed by atoms with van der Waals surface area (Å²) in [5, 5.41) is 3.39. The molecule has 0 aromatic heterocycles. The highest BCUT2D eigenvalue weighted by Crippen LogP contribution is 2.28. The summed E-state index contributed by atoms with van der Waals surface area (Å²) in [6, 6.07) is 4.97. The van der Waals surface area contributed by atoms with Crippen LogP contribution in [0.4, 0.5) is 10.1 Å². The number of anilines is 1. The summed E-state index contributed by atoms with van der Waals surface area (Å²) < 4.78 is 19.0. The number of nitrogens with one attached hydrogen (secondary N) is 1. The van der Waals surface area contributed by atoms with E-state index in [9.17, 15) is 4.39 Å². The van der Waals surface area contributed by atoms with Gasteiger partial charge in [0.25, 0.3) is 0 Å². The van der Waals surface area contributed by atoms with E-state index in [0.717, 1.165) is 6.54 Å². The first-order valence-corrected chi connectivity index (χ1v) is 5.61.